The van der Waals surface area contributed by atoms with Crippen LogP contribution in [0, 0.1) is 0 Å². The molecule has 2 rings (SSSR count). The number of benzene rings is 2. The number of rotatable bonds is 5. The van der Waals surface area contributed by atoms with Gasteiger partial charge in [-0.3, -0.25) is 4.79 Å². The first kappa shape index (κ1) is 17.3. The summed E-state index contributed by atoms with van der Waals surface area (Å²) in [5.41, 5.74) is 1.81. The molecule has 0 aliphatic heterocycles. The molecule has 2 aromatic rings. The first-order valence-electron chi connectivity index (χ1n) is 7.45. The number of aromatic hydroxyl groups is 1. The highest BCUT2D eigenvalue weighted by Gasteiger charge is 2.19. The number of carbonyl (C=O) groups is 2. The molecule has 126 valence electrons. The molecule has 24 heavy (non-hydrogen) atoms. The normalized spacial score (nSPS) is 11.5. The number of anilines is 2. The Morgan fingerprint density at radius 1 is 1.12 bits per heavy atom. The molecule has 0 aliphatic rings. The SMILES string of the molecule is CC(OC(=O)c1cccc(O)c1)C(=O)Nc1ccc(N(C)C)cc1. The molecule has 1 unspecified atom stereocenters. The van der Waals surface area contributed by atoms with Crippen molar-refractivity contribution < 1.29 is 19.4 Å². The highest BCUT2D eigenvalue weighted by Crippen LogP contribution is 2.17. The van der Waals surface area contributed by atoms with Crippen molar-refractivity contribution in [2.24, 2.45) is 0 Å². The fraction of sp³-hybridized carbons (Fsp3) is 0.222. The van der Waals surface area contributed by atoms with Crippen molar-refractivity contribution in [1.82, 2.24) is 0 Å². The van der Waals surface area contributed by atoms with Crippen molar-refractivity contribution in [3.8, 4) is 5.75 Å². The number of amides is 1. The zero-order valence-corrected chi connectivity index (χ0v) is 13.8. The van der Waals surface area contributed by atoms with E-state index in [1.807, 2.05) is 31.1 Å². The molecular weight excluding hydrogens is 308 g/mol. The van der Waals surface area contributed by atoms with Gasteiger partial charge >= 0.3 is 5.97 Å². The monoisotopic (exact) mass is 328 g/mol. The highest BCUT2D eigenvalue weighted by atomic mass is 16.5. The Morgan fingerprint density at radius 2 is 1.79 bits per heavy atom. The maximum atomic E-state index is 12.1. The lowest BCUT2D eigenvalue weighted by Gasteiger charge is -2.15. The summed E-state index contributed by atoms with van der Waals surface area (Å²) in [5.74, 6) is -1.14. The van der Waals surface area contributed by atoms with Crippen LogP contribution in [0.4, 0.5) is 11.4 Å². The molecule has 1 amide bonds. The Kier molecular flexibility index (Phi) is 5.42. The van der Waals surface area contributed by atoms with Crippen molar-refractivity contribution in [2.45, 2.75) is 13.0 Å². The number of nitrogens with zero attached hydrogens (tertiary/aromatic N) is 1. The van der Waals surface area contributed by atoms with Gasteiger partial charge in [0, 0.05) is 25.5 Å². The third-order valence-corrected chi connectivity index (χ3v) is 3.39. The van der Waals surface area contributed by atoms with E-state index in [2.05, 4.69) is 5.32 Å². The largest absolute Gasteiger partial charge is 0.508 e. The van der Waals surface area contributed by atoms with E-state index >= 15 is 0 Å². The third-order valence-electron chi connectivity index (χ3n) is 3.39. The van der Waals surface area contributed by atoms with E-state index in [-0.39, 0.29) is 11.3 Å². The number of carbonyl (C=O) groups excluding carboxylic acids is 2. The van der Waals surface area contributed by atoms with Gasteiger partial charge in [0.05, 0.1) is 5.56 Å². The fourth-order valence-electron chi connectivity index (χ4n) is 2.00. The van der Waals surface area contributed by atoms with Crippen LogP contribution < -0.4 is 10.2 Å². The van der Waals surface area contributed by atoms with E-state index in [0.29, 0.717) is 5.69 Å². The van der Waals surface area contributed by atoms with Crippen LogP contribution in [0.2, 0.25) is 0 Å². The minimum atomic E-state index is -0.964. The number of hydrogen-bond donors (Lipinski definition) is 2. The number of ether oxygens (including phenoxy) is 1. The topological polar surface area (TPSA) is 78.9 Å². The standard InChI is InChI=1S/C18H20N2O4/c1-12(24-18(23)13-5-4-6-16(21)11-13)17(22)19-14-7-9-15(10-8-14)20(2)3/h4-12,21H,1-3H3,(H,19,22). The number of phenolic OH excluding ortho intramolecular Hbond substituents is 1. The van der Waals surface area contributed by atoms with E-state index in [0.717, 1.165) is 5.69 Å². The van der Waals surface area contributed by atoms with Gasteiger partial charge in [-0.2, -0.15) is 0 Å². The number of esters is 1. The summed E-state index contributed by atoms with van der Waals surface area (Å²) in [4.78, 5) is 26.0. The van der Waals surface area contributed by atoms with Crippen molar-refractivity contribution in [3.05, 3.63) is 54.1 Å². The van der Waals surface area contributed by atoms with Crippen molar-refractivity contribution in [3.63, 3.8) is 0 Å². The predicted molar refractivity (Wildman–Crippen MR) is 92.4 cm³/mol. The lowest BCUT2D eigenvalue weighted by atomic mass is 10.2. The van der Waals surface area contributed by atoms with Crippen LogP contribution in [0.5, 0.6) is 5.75 Å². The zero-order chi connectivity index (χ0) is 17.7. The maximum Gasteiger partial charge on any atom is 0.339 e. The third kappa shape index (κ3) is 4.49. The van der Waals surface area contributed by atoms with Crippen LogP contribution >= 0.6 is 0 Å². The lowest BCUT2D eigenvalue weighted by Crippen LogP contribution is -2.30. The van der Waals surface area contributed by atoms with Gasteiger partial charge in [-0.05, 0) is 49.4 Å². The van der Waals surface area contributed by atoms with Gasteiger partial charge in [-0.25, -0.2) is 4.79 Å². The summed E-state index contributed by atoms with van der Waals surface area (Å²) < 4.78 is 5.12. The molecule has 2 N–H and O–H groups in total. The second-order valence-corrected chi connectivity index (χ2v) is 5.53. The highest BCUT2D eigenvalue weighted by molar-refractivity contribution is 5.97. The van der Waals surface area contributed by atoms with E-state index in [1.54, 1.807) is 12.1 Å². The average Bonchev–Trinajstić information content (AvgIpc) is 2.55. The van der Waals surface area contributed by atoms with Gasteiger partial charge in [0.15, 0.2) is 6.10 Å². The summed E-state index contributed by atoms with van der Waals surface area (Å²) in [6.07, 6.45) is -0.964. The Hall–Kier alpha value is -3.02. The molecule has 6 heteroatoms. The van der Waals surface area contributed by atoms with Crippen LogP contribution in [0.3, 0.4) is 0 Å². The first-order valence-corrected chi connectivity index (χ1v) is 7.45. The molecule has 0 spiro atoms. The Bertz CT molecular complexity index is 726. The molecule has 0 aliphatic carbocycles. The molecule has 0 fully saturated rings. The molecule has 0 heterocycles. The summed E-state index contributed by atoms with van der Waals surface area (Å²) >= 11 is 0. The van der Waals surface area contributed by atoms with E-state index in [9.17, 15) is 14.7 Å². The molecule has 0 saturated heterocycles. The summed E-state index contributed by atoms with van der Waals surface area (Å²) in [7, 11) is 3.85. The molecule has 6 nitrogen and oxygen atoms in total. The lowest BCUT2D eigenvalue weighted by molar-refractivity contribution is -0.123. The molecule has 0 radical (unpaired) electrons. The van der Waals surface area contributed by atoms with Gasteiger partial charge < -0.3 is 20.1 Å². The zero-order valence-electron chi connectivity index (χ0n) is 13.8. The maximum absolute atomic E-state index is 12.1. The smallest absolute Gasteiger partial charge is 0.339 e. The Labute approximate surface area is 140 Å². The van der Waals surface area contributed by atoms with Gasteiger partial charge in [-0.15, -0.1) is 0 Å². The van der Waals surface area contributed by atoms with E-state index < -0.39 is 18.0 Å². The minimum absolute atomic E-state index is 0.0393. The number of nitrogens with one attached hydrogen (secondary N) is 1. The van der Waals surface area contributed by atoms with Crippen molar-refractivity contribution in [1.29, 1.82) is 0 Å². The van der Waals surface area contributed by atoms with E-state index in [4.69, 9.17) is 4.74 Å². The molecule has 0 saturated carbocycles. The average molecular weight is 328 g/mol. The molecule has 2 aromatic carbocycles. The summed E-state index contributed by atoms with van der Waals surface area (Å²) in [6, 6.07) is 13.1. The minimum Gasteiger partial charge on any atom is -0.508 e. The number of phenols is 1. The molecule has 0 aromatic heterocycles. The van der Waals surface area contributed by atoms with Crippen LogP contribution in [-0.4, -0.2) is 37.2 Å². The molecular formula is C18H20N2O4. The second-order valence-electron chi connectivity index (χ2n) is 5.53. The van der Waals surface area contributed by atoms with Gasteiger partial charge in [0.1, 0.15) is 5.75 Å². The van der Waals surface area contributed by atoms with Gasteiger partial charge in [-0.1, -0.05) is 6.07 Å². The van der Waals surface area contributed by atoms with Crippen molar-refractivity contribution >= 4 is 23.3 Å². The predicted octanol–water partition coefficient (Wildman–Crippen LogP) is 2.64. The van der Waals surface area contributed by atoms with Crippen LogP contribution in [0.25, 0.3) is 0 Å². The van der Waals surface area contributed by atoms with Crippen LogP contribution in [-0.2, 0) is 9.53 Å². The van der Waals surface area contributed by atoms with E-state index in [1.165, 1.54) is 31.2 Å². The second kappa shape index (κ2) is 7.50. The Morgan fingerprint density at radius 3 is 2.38 bits per heavy atom. The van der Waals surface area contributed by atoms with Crippen LogP contribution in [0.1, 0.15) is 17.3 Å². The quantitative estimate of drug-likeness (QED) is 0.825. The van der Waals surface area contributed by atoms with Gasteiger partial charge in [0.2, 0.25) is 0 Å². The summed E-state index contributed by atoms with van der Waals surface area (Å²) in [6.45, 7) is 1.49. The van der Waals surface area contributed by atoms with Crippen LogP contribution in [0.15, 0.2) is 48.5 Å². The number of hydrogen-bond acceptors (Lipinski definition) is 5. The van der Waals surface area contributed by atoms with Gasteiger partial charge in [0.25, 0.3) is 5.91 Å². The Balaban J connectivity index is 1.95. The molecule has 1 atom stereocenters. The fourth-order valence-corrected chi connectivity index (χ4v) is 2.00. The molecule has 0 bridgehead atoms. The summed E-state index contributed by atoms with van der Waals surface area (Å²) in [5, 5.41) is 12.1. The first-order chi connectivity index (χ1) is 11.4. The van der Waals surface area contributed by atoms with Crippen molar-refractivity contribution in [2.75, 3.05) is 24.3 Å².